The van der Waals surface area contributed by atoms with E-state index in [-0.39, 0.29) is 34.0 Å². The molecule has 1 unspecified atom stereocenters. The minimum atomic E-state index is -2.17. The highest BCUT2D eigenvalue weighted by molar-refractivity contribution is 5.79. The molecule has 0 aromatic heterocycles. The second-order valence-electron chi connectivity index (χ2n) is 36.6. The average Bonchev–Trinajstić information content (AvgIpc) is 0.673. The van der Waals surface area contributed by atoms with Crippen molar-refractivity contribution >= 4 is 5.97 Å². The molecular formula is C76H124O40. The Bertz CT molecular complexity index is 3310. The van der Waals surface area contributed by atoms with Gasteiger partial charge in [-0.15, -0.1) is 0 Å². The molecule has 40 nitrogen and oxygen atoms in total. The summed E-state index contributed by atoms with van der Waals surface area (Å²) in [4.78, 5) is 15.5. The first-order valence-corrected chi connectivity index (χ1v) is 40.6. The molecular weight excluding hydrogens is 1550 g/mol. The van der Waals surface area contributed by atoms with Crippen molar-refractivity contribution in [2.75, 3.05) is 46.2 Å². The van der Waals surface area contributed by atoms with Crippen LogP contribution in [0.1, 0.15) is 120 Å². The summed E-state index contributed by atoms with van der Waals surface area (Å²) < 4.78 is 95.8. The van der Waals surface area contributed by atoms with Gasteiger partial charge in [-0.25, -0.2) is 0 Å². The van der Waals surface area contributed by atoms with Gasteiger partial charge in [-0.2, -0.15) is 0 Å². The molecule has 12 fully saturated rings. The SMILES string of the molecule is C[C@@H]1O[C@@H](O[C@H]2[C@H](O)[C@@H](O)[C@H](OC[C@H]3O[C@@H](OC(=O)[C@]45CCC(C)(C)C[C@@H]4C4=CC[C@@H]6[C@@]7(C)CC[C@H](O[C@@H]8OC[C@H](O)[C@H](O[C@@H]9O[C@H](CO)[C@@H](O[C@@H]%10O[C@H](CO)[C@H](O)[C@H](O[C@@H]%11OC[C@@H](O)[C@H](O)[C@H]%11O)[C@H]%10O)[C@H](O)[C@H]9O)[C@H]8O[C@@H]8O[C@H](CO)[C@@H](O)[C@H](O)[C@H]8O)C(C)(C)C7CC[C@@]6(C)[C@]4(C)CC5)[C@H](O)[C@@H](O)[C@@H]3O)O[C@@H]2CO)[C@H](O)[C@H](O)[C@H]1O. The van der Waals surface area contributed by atoms with Crippen LogP contribution in [-0.4, -0.2) is 409 Å². The van der Waals surface area contributed by atoms with E-state index < -0.39 is 308 Å². The molecule has 668 valence electrons. The van der Waals surface area contributed by atoms with Crippen LogP contribution in [-0.2, 0) is 80.6 Å². The first-order chi connectivity index (χ1) is 54.6. The van der Waals surface area contributed by atoms with Crippen molar-refractivity contribution in [3.05, 3.63) is 11.6 Å². The van der Waals surface area contributed by atoms with Gasteiger partial charge in [0.15, 0.2) is 44.0 Å². The Labute approximate surface area is 669 Å². The Hall–Kier alpha value is -2.31. The average molecular weight is 1680 g/mol. The monoisotopic (exact) mass is 1680 g/mol. The number of esters is 1. The van der Waals surface area contributed by atoms with E-state index in [0.717, 1.165) is 12.0 Å². The van der Waals surface area contributed by atoms with Gasteiger partial charge in [-0.1, -0.05) is 60.1 Å². The predicted octanol–water partition coefficient (Wildman–Crippen LogP) is -8.43. The standard InChI is InChI=1S/C76H124O40/c1-27-40(83)45(88)51(94)64(104-27)112-58-34(22-79)107-62(54(97)48(58)91)103-26-36-43(86)47(90)53(96)67(109-36)116-70(100)76-17-15-71(2,3)19-29(76)28-9-10-38-73(6)13-12-39(72(4,5)37(73)11-14-75(38,8)74(28,7)16-18-76)110-69-61(115-65-52(95)46(89)42(85)32(20-77)105-65)57(31(82)25-102-69)111-66-55(98)49(92)59(35(23-80)108-66)113-68-56(99)60(44(87)33(21-78)106-68)114-63-50(93)41(84)30(81)24-101-63/h9,27,29-69,77-99H,10-26H2,1-8H3/t27-,29+,30+,31-,32+,33+,34+,35+,36+,37?,38+,39-,40-,41-,42+,43+,44-,45+,46-,47-,48+,49+,50+,51+,52+,53+,54+,55+,56+,57-,58+,59+,60-,61+,62+,63-,64-,65-,66-,67-,68-,69-,73-,74+,75+,76-/m0/s1. The quantitative estimate of drug-likeness (QED) is 0.0288. The smallest absolute Gasteiger partial charge is 0.315 e. The van der Waals surface area contributed by atoms with Crippen LogP contribution in [0.3, 0.4) is 0 Å². The fourth-order valence-corrected chi connectivity index (χ4v) is 21.7. The Morgan fingerprint density at radius 1 is 0.405 bits per heavy atom. The van der Waals surface area contributed by atoms with Crippen molar-refractivity contribution in [2.24, 2.45) is 50.2 Å². The minimum Gasteiger partial charge on any atom is -0.432 e. The zero-order valence-corrected chi connectivity index (χ0v) is 66.1. The van der Waals surface area contributed by atoms with Crippen molar-refractivity contribution in [2.45, 2.75) is 359 Å². The van der Waals surface area contributed by atoms with E-state index in [4.69, 9.17) is 75.8 Å². The molecule has 8 heterocycles. The van der Waals surface area contributed by atoms with Crippen LogP contribution in [0.2, 0.25) is 0 Å². The van der Waals surface area contributed by atoms with Crippen LogP contribution in [0, 0.1) is 50.2 Å². The molecule has 13 rings (SSSR count). The van der Waals surface area contributed by atoms with Gasteiger partial charge < -0.3 is 193 Å². The number of aliphatic hydroxyl groups excluding tert-OH is 23. The summed E-state index contributed by atoms with van der Waals surface area (Å²) in [7, 11) is 0. The zero-order chi connectivity index (χ0) is 84.4. The molecule has 0 radical (unpaired) electrons. The molecule has 46 atom stereocenters. The summed E-state index contributed by atoms with van der Waals surface area (Å²) in [5.41, 5.74) is -2.23. The molecule has 5 aliphatic carbocycles. The summed E-state index contributed by atoms with van der Waals surface area (Å²) in [5.74, 6) is -1.05. The maximum absolute atomic E-state index is 15.5. The molecule has 8 aliphatic heterocycles. The molecule has 0 bridgehead atoms. The van der Waals surface area contributed by atoms with Crippen molar-refractivity contribution in [1.29, 1.82) is 0 Å². The highest BCUT2D eigenvalue weighted by Crippen LogP contribution is 2.76. The summed E-state index contributed by atoms with van der Waals surface area (Å²) >= 11 is 0. The lowest BCUT2D eigenvalue weighted by atomic mass is 9.33. The third kappa shape index (κ3) is 16.3. The Morgan fingerprint density at radius 2 is 0.879 bits per heavy atom. The van der Waals surface area contributed by atoms with Crippen molar-refractivity contribution < 1.29 is 198 Å². The number of carbonyl (C=O) groups excluding carboxylic acids is 1. The lowest BCUT2D eigenvalue weighted by Gasteiger charge is -2.71. The van der Waals surface area contributed by atoms with Crippen LogP contribution in [0.25, 0.3) is 0 Å². The molecule has 116 heavy (non-hydrogen) atoms. The number of hydrogen-bond donors (Lipinski definition) is 23. The van der Waals surface area contributed by atoms with Gasteiger partial charge in [0.2, 0.25) is 6.29 Å². The third-order valence-corrected chi connectivity index (χ3v) is 29.0. The van der Waals surface area contributed by atoms with E-state index in [1.807, 2.05) is 0 Å². The highest BCUT2D eigenvalue weighted by Gasteiger charge is 2.71. The fraction of sp³-hybridized carbons (Fsp3) is 0.961. The summed E-state index contributed by atoms with van der Waals surface area (Å²) in [6.45, 7) is 11.5. The van der Waals surface area contributed by atoms with Gasteiger partial charge in [0.05, 0.1) is 63.9 Å². The van der Waals surface area contributed by atoms with Crippen LogP contribution >= 0.6 is 0 Å². The van der Waals surface area contributed by atoms with Crippen LogP contribution < -0.4 is 0 Å². The number of rotatable bonds is 21. The topological polar surface area (TPSA) is 630 Å². The van der Waals surface area contributed by atoms with Gasteiger partial charge >= 0.3 is 5.97 Å². The second kappa shape index (κ2) is 35.3. The lowest BCUT2D eigenvalue weighted by molar-refractivity contribution is -0.398. The van der Waals surface area contributed by atoms with E-state index in [1.54, 1.807) is 0 Å². The molecule has 4 saturated carbocycles. The molecule has 0 aromatic carbocycles. The first-order valence-electron chi connectivity index (χ1n) is 40.6. The summed E-state index contributed by atoms with van der Waals surface area (Å²) in [5, 5.41) is 252. The van der Waals surface area contributed by atoms with E-state index >= 15 is 4.79 Å². The minimum absolute atomic E-state index is 0.0516. The van der Waals surface area contributed by atoms with Crippen molar-refractivity contribution in [3.8, 4) is 0 Å². The van der Waals surface area contributed by atoms with Gasteiger partial charge in [0.1, 0.15) is 177 Å². The number of carbonyl (C=O) groups is 1. The van der Waals surface area contributed by atoms with E-state index in [9.17, 15) is 117 Å². The highest BCUT2D eigenvalue weighted by atomic mass is 16.8. The fourth-order valence-electron chi connectivity index (χ4n) is 21.7. The number of hydrogen-bond acceptors (Lipinski definition) is 40. The van der Waals surface area contributed by atoms with Gasteiger partial charge in [0.25, 0.3) is 0 Å². The summed E-state index contributed by atoms with van der Waals surface area (Å²) in [6, 6.07) is 0. The largest absolute Gasteiger partial charge is 0.432 e. The van der Waals surface area contributed by atoms with Crippen LogP contribution in [0.4, 0.5) is 0 Å². The van der Waals surface area contributed by atoms with Crippen molar-refractivity contribution in [3.63, 3.8) is 0 Å². The Morgan fingerprint density at radius 3 is 1.50 bits per heavy atom. The molecule has 0 spiro atoms. The molecule has 0 amide bonds. The van der Waals surface area contributed by atoms with Gasteiger partial charge in [-0.3, -0.25) is 4.79 Å². The predicted molar refractivity (Wildman–Crippen MR) is 380 cm³/mol. The van der Waals surface area contributed by atoms with E-state index in [2.05, 4.69) is 54.5 Å². The third-order valence-electron chi connectivity index (χ3n) is 29.0. The molecule has 40 heteroatoms. The number of ether oxygens (including phenoxy) is 16. The maximum Gasteiger partial charge on any atom is 0.315 e. The van der Waals surface area contributed by atoms with Crippen LogP contribution in [0.15, 0.2) is 11.6 Å². The maximum atomic E-state index is 15.5. The number of fused-ring (bicyclic) bond motifs is 7. The zero-order valence-electron chi connectivity index (χ0n) is 66.1. The molecule has 0 aromatic rings. The van der Waals surface area contributed by atoms with Crippen molar-refractivity contribution in [1.82, 2.24) is 0 Å². The lowest BCUT2D eigenvalue weighted by Crippen LogP contribution is -2.68. The van der Waals surface area contributed by atoms with Gasteiger partial charge in [0, 0.05) is 0 Å². The number of aliphatic hydroxyl groups is 23. The van der Waals surface area contributed by atoms with Crippen LogP contribution in [0.5, 0.6) is 0 Å². The number of allylic oxidation sites excluding steroid dienone is 2. The normalized spacial score (nSPS) is 54.2. The molecule has 13 aliphatic rings. The van der Waals surface area contributed by atoms with E-state index in [0.29, 0.717) is 57.8 Å². The molecule has 23 N–H and O–H groups in total. The summed E-state index contributed by atoms with van der Waals surface area (Å²) in [6.07, 6.45) is -60.3. The Kier molecular flexibility index (Phi) is 27.8. The Balaban J connectivity index is 0.697. The van der Waals surface area contributed by atoms with E-state index in [1.165, 1.54) is 6.92 Å². The first kappa shape index (κ1) is 91.4. The second-order valence-corrected chi connectivity index (χ2v) is 36.6. The molecule has 8 saturated heterocycles. The van der Waals surface area contributed by atoms with Gasteiger partial charge in [-0.05, 0) is 116 Å².